The highest BCUT2D eigenvalue weighted by Crippen LogP contribution is 2.33. The van der Waals surface area contributed by atoms with E-state index in [4.69, 9.17) is 16.0 Å². The molecule has 0 saturated carbocycles. The molecule has 0 spiro atoms. The van der Waals surface area contributed by atoms with Crippen molar-refractivity contribution in [3.05, 3.63) is 54.3 Å². The van der Waals surface area contributed by atoms with Crippen molar-refractivity contribution >= 4 is 90.7 Å². The molecule has 0 bridgehead atoms. The Morgan fingerprint density at radius 2 is 2.15 bits per heavy atom. The van der Waals surface area contributed by atoms with Crippen LogP contribution in [-0.4, -0.2) is 28.5 Å². The van der Waals surface area contributed by atoms with Gasteiger partial charge in [0.1, 0.15) is 12.3 Å². The number of halogens is 3. The molecule has 0 unspecified atom stereocenters. The smallest absolute Gasteiger partial charge is 0.294 e. The van der Waals surface area contributed by atoms with Gasteiger partial charge < -0.3 is 9.73 Å². The average molecular weight is 568 g/mol. The molecule has 0 radical (unpaired) electrons. The number of rotatable bonds is 4. The largest absolute Gasteiger partial charge is 0.450 e. The zero-order valence-corrected chi connectivity index (χ0v) is 18.1. The van der Waals surface area contributed by atoms with Gasteiger partial charge in [0.2, 0.25) is 5.91 Å². The molecule has 1 aromatic heterocycles. The maximum atomic E-state index is 12.4. The second-order valence-corrected chi connectivity index (χ2v) is 8.36. The Morgan fingerprint density at radius 1 is 1.38 bits per heavy atom. The van der Waals surface area contributed by atoms with Gasteiger partial charge in [-0.15, -0.1) is 0 Å². The van der Waals surface area contributed by atoms with Gasteiger partial charge in [0.25, 0.3) is 11.1 Å². The highest BCUT2D eigenvalue weighted by Gasteiger charge is 2.36. The number of furan rings is 1. The number of carbonyl (C=O) groups is 3. The first-order valence-electron chi connectivity index (χ1n) is 7.09. The van der Waals surface area contributed by atoms with E-state index in [0.717, 1.165) is 21.1 Å². The zero-order valence-electron chi connectivity index (χ0n) is 12.8. The van der Waals surface area contributed by atoms with Crippen molar-refractivity contribution in [2.45, 2.75) is 0 Å². The quantitative estimate of drug-likeness (QED) is 0.417. The van der Waals surface area contributed by atoms with Gasteiger partial charge in [0, 0.05) is 39.4 Å². The first-order chi connectivity index (χ1) is 12.3. The predicted molar refractivity (Wildman–Crippen MR) is 112 cm³/mol. The fourth-order valence-corrected chi connectivity index (χ4v) is 3.84. The van der Waals surface area contributed by atoms with Crippen LogP contribution in [0.2, 0.25) is 5.02 Å². The third-order valence-electron chi connectivity index (χ3n) is 3.22. The molecule has 3 amide bonds. The lowest BCUT2D eigenvalue weighted by Crippen LogP contribution is -2.36. The molecule has 0 aliphatic carbocycles. The summed E-state index contributed by atoms with van der Waals surface area (Å²) >= 11 is 11.9. The minimum absolute atomic E-state index is 0.197. The van der Waals surface area contributed by atoms with Crippen LogP contribution < -0.4 is 5.32 Å². The van der Waals surface area contributed by atoms with Crippen molar-refractivity contribution in [2.24, 2.45) is 0 Å². The van der Waals surface area contributed by atoms with Crippen LogP contribution in [0.5, 0.6) is 0 Å². The predicted octanol–water partition coefficient (Wildman–Crippen LogP) is 4.98. The molecule has 1 fully saturated rings. The van der Waals surface area contributed by atoms with E-state index in [1.165, 1.54) is 6.08 Å². The van der Waals surface area contributed by atoms with Gasteiger partial charge in [-0.25, -0.2) is 0 Å². The number of imide groups is 1. The van der Waals surface area contributed by atoms with Gasteiger partial charge in [0.05, 0.1) is 9.38 Å². The standard InChI is InChI=1S/C16H9BrClIN2O4S/c17-11-5-10(25-14(11)19)6-12-15(23)21(16(24)26-12)7-13(22)20-9-3-1-2-8(18)4-9/h1-6H,7H2,(H,20,22)/b12-6-. The van der Waals surface area contributed by atoms with E-state index in [0.29, 0.717) is 20.2 Å². The second kappa shape index (κ2) is 8.15. The summed E-state index contributed by atoms with van der Waals surface area (Å²) < 4.78 is 6.83. The second-order valence-electron chi connectivity index (χ2n) is 5.10. The molecule has 2 aromatic rings. The summed E-state index contributed by atoms with van der Waals surface area (Å²) in [5.74, 6) is -0.593. The maximum absolute atomic E-state index is 12.4. The van der Waals surface area contributed by atoms with Crippen LogP contribution in [0.3, 0.4) is 0 Å². The Kier molecular flexibility index (Phi) is 6.10. The summed E-state index contributed by atoms with van der Waals surface area (Å²) in [6.45, 7) is -0.381. The molecule has 26 heavy (non-hydrogen) atoms. The molecule has 10 heteroatoms. The molecule has 2 heterocycles. The van der Waals surface area contributed by atoms with Crippen molar-refractivity contribution in [2.75, 3.05) is 11.9 Å². The maximum Gasteiger partial charge on any atom is 0.294 e. The molecule has 1 aromatic carbocycles. The van der Waals surface area contributed by atoms with E-state index in [1.54, 1.807) is 30.3 Å². The van der Waals surface area contributed by atoms with Gasteiger partial charge in [-0.3, -0.25) is 19.3 Å². The van der Waals surface area contributed by atoms with Crippen molar-refractivity contribution in [3.63, 3.8) is 0 Å². The Balaban J connectivity index is 1.69. The summed E-state index contributed by atoms with van der Waals surface area (Å²) in [5.41, 5.74) is 0.486. The number of thioether (sulfide) groups is 1. The van der Waals surface area contributed by atoms with E-state index in [9.17, 15) is 14.4 Å². The summed E-state index contributed by atoms with van der Waals surface area (Å²) in [6.07, 6.45) is 1.48. The van der Waals surface area contributed by atoms with Gasteiger partial charge in [-0.2, -0.15) is 0 Å². The minimum Gasteiger partial charge on any atom is -0.450 e. The number of hydrogen-bond acceptors (Lipinski definition) is 5. The molecule has 1 aliphatic heterocycles. The van der Waals surface area contributed by atoms with Crippen LogP contribution in [0.25, 0.3) is 6.08 Å². The van der Waals surface area contributed by atoms with E-state index < -0.39 is 17.1 Å². The van der Waals surface area contributed by atoms with Crippen LogP contribution in [0, 0.1) is 3.77 Å². The van der Waals surface area contributed by atoms with Crippen LogP contribution in [-0.2, 0) is 9.59 Å². The van der Waals surface area contributed by atoms with E-state index in [-0.39, 0.29) is 11.4 Å². The van der Waals surface area contributed by atoms with Gasteiger partial charge in [0.15, 0.2) is 3.77 Å². The Labute approximate surface area is 179 Å². The Morgan fingerprint density at radius 3 is 2.81 bits per heavy atom. The minimum atomic E-state index is -0.538. The molecule has 6 nitrogen and oxygen atoms in total. The number of nitrogens with one attached hydrogen (secondary N) is 1. The first-order valence-corrected chi connectivity index (χ1v) is 10.2. The summed E-state index contributed by atoms with van der Waals surface area (Å²) in [5, 5.41) is 2.56. The molecule has 1 aliphatic rings. The number of carbonyl (C=O) groups excluding carboxylic acids is 3. The lowest BCUT2D eigenvalue weighted by atomic mass is 10.3. The Hall–Kier alpha value is -1.30. The topological polar surface area (TPSA) is 79.6 Å². The van der Waals surface area contributed by atoms with Crippen LogP contribution in [0.4, 0.5) is 10.5 Å². The third kappa shape index (κ3) is 4.51. The van der Waals surface area contributed by atoms with E-state index in [1.807, 2.05) is 22.6 Å². The monoisotopic (exact) mass is 566 g/mol. The zero-order chi connectivity index (χ0) is 18.8. The summed E-state index contributed by atoms with van der Waals surface area (Å²) in [4.78, 5) is 37.7. The number of hydrogen-bond donors (Lipinski definition) is 1. The van der Waals surface area contributed by atoms with Crippen LogP contribution in [0.1, 0.15) is 5.76 Å². The van der Waals surface area contributed by atoms with Crippen LogP contribution in [0.15, 0.2) is 44.1 Å². The lowest BCUT2D eigenvalue weighted by molar-refractivity contribution is -0.127. The number of amides is 3. The molecule has 0 atom stereocenters. The molecule has 134 valence electrons. The van der Waals surface area contributed by atoms with Crippen LogP contribution >= 0.6 is 61.9 Å². The highest BCUT2D eigenvalue weighted by molar-refractivity contribution is 14.1. The number of anilines is 1. The third-order valence-corrected chi connectivity index (χ3v) is 6.50. The fraction of sp³-hybridized carbons (Fsp3) is 0.0625. The van der Waals surface area contributed by atoms with Gasteiger partial charge >= 0.3 is 0 Å². The summed E-state index contributed by atoms with van der Waals surface area (Å²) in [6, 6.07) is 8.29. The normalized spacial score (nSPS) is 15.8. The molecule has 3 rings (SSSR count). The average Bonchev–Trinajstić information content (AvgIpc) is 3.01. The Bertz CT molecular complexity index is 927. The summed E-state index contributed by atoms with van der Waals surface area (Å²) in [7, 11) is 0. The van der Waals surface area contributed by atoms with Crippen molar-refractivity contribution in [1.29, 1.82) is 0 Å². The SMILES string of the molecule is O=C(CN1C(=O)S/C(=C\c2cc(Br)c(I)o2)C1=O)Nc1cccc(Cl)c1. The van der Waals surface area contributed by atoms with E-state index in [2.05, 4.69) is 21.2 Å². The van der Waals surface area contributed by atoms with Gasteiger partial charge in [-0.05, 0) is 52.0 Å². The van der Waals surface area contributed by atoms with Crippen molar-refractivity contribution in [1.82, 2.24) is 4.90 Å². The molecule has 1 saturated heterocycles. The van der Waals surface area contributed by atoms with Crippen molar-refractivity contribution < 1.29 is 18.8 Å². The molecular weight excluding hydrogens is 559 g/mol. The molecule has 1 N–H and O–H groups in total. The van der Waals surface area contributed by atoms with Crippen molar-refractivity contribution in [3.8, 4) is 0 Å². The lowest BCUT2D eigenvalue weighted by Gasteiger charge is -2.12. The number of benzene rings is 1. The first kappa shape index (κ1) is 19.5. The molecular formula is C16H9BrClIN2O4S. The fourth-order valence-electron chi connectivity index (χ4n) is 2.11. The number of nitrogens with zero attached hydrogens (tertiary/aromatic N) is 1. The van der Waals surface area contributed by atoms with Gasteiger partial charge in [-0.1, -0.05) is 17.7 Å². The highest BCUT2D eigenvalue weighted by atomic mass is 127. The van der Waals surface area contributed by atoms with E-state index >= 15 is 0 Å².